The van der Waals surface area contributed by atoms with Gasteiger partial charge in [0.2, 0.25) is 11.3 Å². The Morgan fingerprint density at radius 1 is 1.03 bits per heavy atom. The largest absolute Gasteiger partial charge is 0.382 e. The van der Waals surface area contributed by atoms with Crippen LogP contribution in [0.3, 0.4) is 0 Å². The molecular weight excluding hydrogens is 386 g/mol. The highest BCUT2D eigenvalue weighted by Gasteiger charge is 2.27. The molecule has 2 aromatic rings. The number of hydrogen-bond acceptors (Lipinski definition) is 5. The molecule has 3 rings (SSSR count). The number of pyridine rings is 1. The van der Waals surface area contributed by atoms with Crippen molar-refractivity contribution in [3.63, 3.8) is 0 Å². The monoisotopic (exact) mass is 415 g/mol. The molecule has 1 aromatic carbocycles. The molecule has 30 heavy (non-hydrogen) atoms. The number of amides is 2. The summed E-state index contributed by atoms with van der Waals surface area (Å²) >= 11 is 0. The Bertz CT molecular complexity index is 986. The average molecular weight is 415 g/mol. The number of rotatable bonds is 6. The normalized spacial score (nSPS) is 14.6. The van der Waals surface area contributed by atoms with Crippen molar-refractivity contribution in [2.45, 2.75) is 19.9 Å². The zero-order chi connectivity index (χ0) is 21.8. The number of carbonyl (C=O) groups is 2. The molecule has 1 aromatic heterocycles. The zero-order valence-electron chi connectivity index (χ0n) is 18.0. The lowest BCUT2D eigenvalue weighted by Gasteiger charge is -2.34. The molecule has 8 heteroatoms. The van der Waals surface area contributed by atoms with E-state index in [1.165, 1.54) is 6.92 Å². The predicted molar refractivity (Wildman–Crippen MR) is 114 cm³/mol. The Labute approximate surface area is 176 Å². The van der Waals surface area contributed by atoms with Crippen molar-refractivity contribution in [1.29, 1.82) is 0 Å². The predicted octanol–water partition coefficient (Wildman–Crippen LogP) is 1.45. The molecular formula is C22H29N3O5. The maximum absolute atomic E-state index is 13.3. The van der Waals surface area contributed by atoms with Gasteiger partial charge in [-0.3, -0.25) is 14.4 Å². The van der Waals surface area contributed by atoms with Crippen LogP contribution >= 0.6 is 0 Å². The summed E-state index contributed by atoms with van der Waals surface area (Å²) in [6, 6.07) is 5.46. The molecule has 1 aliphatic heterocycles. The second-order valence-corrected chi connectivity index (χ2v) is 7.66. The summed E-state index contributed by atoms with van der Waals surface area (Å²) in [6.45, 7) is 5.95. The average Bonchev–Trinajstić information content (AvgIpc) is 2.74. The standard InChI is InChI=1S/C22H29N3O5/c1-15-5-6-20-18(11-15)21(27)19(12-25(20)17(13-29-3)14-30-4)22(28)24-9-7-23(8-10-24)16(2)26/h5-6,11-12,17H,7-10,13-14H2,1-4H3. The summed E-state index contributed by atoms with van der Waals surface area (Å²) in [6.07, 6.45) is 1.63. The molecule has 2 amide bonds. The molecule has 8 nitrogen and oxygen atoms in total. The summed E-state index contributed by atoms with van der Waals surface area (Å²) < 4.78 is 12.6. The van der Waals surface area contributed by atoms with E-state index in [0.29, 0.717) is 44.8 Å². The molecule has 0 aliphatic carbocycles. The van der Waals surface area contributed by atoms with Crippen LogP contribution in [0.1, 0.15) is 28.9 Å². The van der Waals surface area contributed by atoms with Gasteiger partial charge in [-0.25, -0.2) is 0 Å². The van der Waals surface area contributed by atoms with Crippen LogP contribution < -0.4 is 5.43 Å². The highest BCUT2D eigenvalue weighted by Crippen LogP contribution is 2.20. The van der Waals surface area contributed by atoms with Gasteiger partial charge in [-0.1, -0.05) is 11.6 Å². The lowest BCUT2D eigenvalue weighted by atomic mass is 10.1. The Morgan fingerprint density at radius 3 is 2.20 bits per heavy atom. The van der Waals surface area contributed by atoms with Crippen LogP contribution in [0.15, 0.2) is 29.2 Å². The lowest BCUT2D eigenvalue weighted by molar-refractivity contribution is -0.130. The number of carbonyl (C=O) groups excluding carboxylic acids is 2. The van der Waals surface area contributed by atoms with Gasteiger partial charge in [0, 0.05) is 58.9 Å². The van der Waals surface area contributed by atoms with Crippen molar-refractivity contribution >= 4 is 22.7 Å². The minimum absolute atomic E-state index is 0.00684. The first-order chi connectivity index (χ1) is 14.4. The number of piperazine rings is 1. The number of fused-ring (bicyclic) bond motifs is 1. The van der Waals surface area contributed by atoms with Crippen molar-refractivity contribution < 1.29 is 19.1 Å². The molecule has 0 bridgehead atoms. The molecule has 0 atom stereocenters. The third-order valence-corrected chi connectivity index (χ3v) is 5.54. The fourth-order valence-electron chi connectivity index (χ4n) is 3.91. The van der Waals surface area contributed by atoms with Crippen molar-refractivity contribution in [2.75, 3.05) is 53.6 Å². The number of aromatic nitrogens is 1. The van der Waals surface area contributed by atoms with Crippen molar-refractivity contribution in [1.82, 2.24) is 14.4 Å². The number of benzene rings is 1. The lowest BCUT2D eigenvalue weighted by Crippen LogP contribution is -2.50. The van der Waals surface area contributed by atoms with Gasteiger partial charge in [0.15, 0.2) is 0 Å². The van der Waals surface area contributed by atoms with E-state index in [2.05, 4.69) is 0 Å². The maximum Gasteiger partial charge on any atom is 0.259 e. The molecule has 0 N–H and O–H groups in total. The van der Waals surface area contributed by atoms with Crippen LogP contribution in [0.2, 0.25) is 0 Å². The van der Waals surface area contributed by atoms with Gasteiger partial charge < -0.3 is 23.8 Å². The second-order valence-electron chi connectivity index (χ2n) is 7.66. The highest BCUT2D eigenvalue weighted by molar-refractivity contribution is 5.97. The molecule has 1 saturated heterocycles. The summed E-state index contributed by atoms with van der Waals surface area (Å²) in [5.41, 5.74) is 1.53. The molecule has 0 spiro atoms. The van der Waals surface area contributed by atoms with Gasteiger partial charge in [0.25, 0.3) is 5.91 Å². The van der Waals surface area contributed by atoms with E-state index in [-0.39, 0.29) is 28.8 Å². The van der Waals surface area contributed by atoms with Crippen LogP contribution in [0.5, 0.6) is 0 Å². The van der Waals surface area contributed by atoms with E-state index >= 15 is 0 Å². The van der Waals surface area contributed by atoms with Crippen LogP contribution in [0.4, 0.5) is 0 Å². The van der Waals surface area contributed by atoms with Crippen LogP contribution in [0, 0.1) is 6.92 Å². The molecule has 162 valence electrons. The van der Waals surface area contributed by atoms with Gasteiger partial charge in [-0.15, -0.1) is 0 Å². The van der Waals surface area contributed by atoms with Gasteiger partial charge in [-0.05, 0) is 19.1 Å². The Balaban J connectivity index is 2.06. The smallest absolute Gasteiger partial charge is 0.259 e. The first-order valence-corrected chi connectivity index (χ1v) is 10.1. The van der Waals surface area contributed by atoms with E-state index in [4.69, 9.17) is 9.47 Å². The van der Waals surface area contributed by atoms with E-state index in [1.807, 2.05) is 29.7 Å². The van der Waals surface area contributed by atoms with Crippen molar-refractivity contribution in [3.8, 4) is 0 Å². The summed E-state index contributed by atoms with van der Waals surface area (Å²) in [5, 5.41) is 0.500. The first-order valence-electron chi connectivity index (χ1n) is 10.1. The number of hydrogen-bond donors (Lipinski definition) is 0. The Morgan fingerprint density at radius 2 is 1.63 bits per heavy atom. The van der Waals surface area contributed by atoms with Crippen LogP contribution in [-0.2, 0) is 14.3 Å². The molecule has 1 fully saturated rings. The van der Waals surface area contributed by atoms with Crippen LogP contribution in [0.25, 0.3) is 10.9 Å². The topological polar surface area (TPSA) is 81.1 Å². The number of methoxy groups -OCH3 is 2. The van der Waals surface area contributed by atoms with E-state index in [1.54, 1.807) is 30.2 Å². The molecule has 0 saturated carbocycles. The second kappa shape index (κ2) is 9.40. The van der Waals surface area contributed by atoms with Gasteiger partial charge in [0.1, 0.15) is 5.56 Å². The summed E-state index contributed by atoms with van der Waals surface area (Å²) in [7, 11) is 3.22. The van der Waals surface area contributed by atoms with E-state index in [0.717, 1.165) is 11.1 Å². The third-order valence-electron chi connectivity index (χ3n) is 5.54. The summed E-state index contributed by atoms with van der Waals surface area (Å²) in [5.74, 6) is -0.318. The van der Waals surface area contributed by atoms with Crippen LogP contribution in [-0.4, -0.2) is 79.8 Å². The van der Waals surface area contributed by atoms with E-state index < -0.39 is 0 Å². The first kappa shape index (κ1) is 22.0. The van der Waals surface area contributed by atoms with Gasteiger partial charge in [0.05, 0.1) is 24.8 Å². The van der Waals surface area contributed by atoms with Gasteiger partial charge >= 0.3 is 0 Å². The fraction of sp³-hybridized carbons (Fsp3) is 0.500. The number of ether oxygens (including phenoxy) is 2. The quantitative estimate of drug-likeness (QED) is 0.713. The third kappa shape index (κ3) is 4.39. The maximum atomic E-state index is 13.3. The minimum Gasteiger partial charge on any atom is -0.382 e. The Hall–Kier alpha value is -2.71. The van der Waals surface area contributed by atoms with Crippen molar-refractivity contribution in [3.05, 3.63) is 45.7 Å². The fourth-order valence-corrected chi connectivity index (χ4v) is 3.91. The molecule has 1 aliphatic rings. The summed E-state index contributed by atoms with van der Waals surface area (Å²) in [4.78, 5) is 41.4. The van der Waals surface area contributed by atoms with E-state index in [9.17, 15) is 14.4 Å². The molecule has 0 unspecified atom stereocenters. The number of aryl methyl sites for hydroxylation is 1. The highest BCUT2D eigenvalue weighted by atomic mass is 16.5. The molecule has 0 radical (unpaired) electrons. The Kier molecular flexibility index (Phi) is 6.89. The number of nitrogens with zero attached hydrogens (tertiary/aromatic N) is 3. The van der Waals surface area contributed by atoms with Crippen molar-refractivity contribution in [2.24, 2.45) is 0 Å². The minimum atomic E-state index is -0.311. The molecule has 2 heterocycles. The zero-order valence-corrected chi connectivity index (χ0v) is 18.0. The van der Waals surface area contributed by atoms with Gasteiger partial charge in [-0.2, -0.15) is 0 Å². The SMILES string of the molecule is COCC(COC)n1cc(C(=O)N2CCN(C(C)=O)CC2)c(=O)c2cc(C)ccc21.